The molecular formula is C9H11BrFN. The summed E-state index contributed by atoms with van der Waals surface area (Å²) < 4.78 is 13.8. The van der Waals surface area contributed by atoms with Crippen molar-refractivity contribution in [3.63, 3.8) is 0 Å². The Hall–Kier alpha value is -0.440. The molecule has 1 heterocycles. The van der Waals surface area contributed by atoms with E-state index in [-0.39, 0.29) is 5.82 Å². The third-order valence-corrected chi connectivity index (χ3v) is 2.39. The largest absolute Gasteiger partial charge is 0.243 e. The predicted octanol–water partition coefficient (Wildman–Crippen LogP) is 3.42. The maximum atomic E-state index is 13.0. The average Bonchev–Trinajstić information content (AvgIpc) is 1.96. The van der Waals surface area contributed by atoms with Gasteiger partial charge in [-0.3, -0.25) is 0 Å². The van der Waals surface area contributed by atoms with Crippen LogP contribution in [0.1, 0.15) is 31.0 Å². The summed E-state index contributed by atoms with van der Waals surface area (Å²) in [4.78, 5) is 4.04. The third kappa shape index (κ3) is 1.83. The second-order valence-electron chi connectivity index (χ2n) is 3.09. The van der Waals surface area contributed by atoms with Gasteiger partial charge in [-0.25, -0.2) is 9.37 Å². The molecule has 0 radical (unpaired) electrons. The fourth-order valence-corrected chi connectivity index (χ4v) is 1.81. The molecule has 0 bridgehead atoms. The van der Waals surface area contributed by atoms with Crippen molar-refractivity contribution >= 4 is 15.9 Å². The van der Waals surface area contributed by atoms with Gasteiger partial charge in [0.05, 0.1) is 5.69 Å². The minimum Gasteiger partial charge on any atom is -0.243 e. The molecule has 1 nitrogen and oxygen atoms in total. The molecule has 0 spiro atoms. The van der Waals surface area contributed by atoms with Gasteiger partial charge in [0.15, 0.2) is 0 Å². The Labute approximate surface area is 80.1 Å². The monoisotopic (exact) mass is 231 g/mol. The van der Waals surface area contributed by atoms with Crippen LogP contribution in [0.4, 0.5) is 4.39 Å². The average molecular weight is 232 g/mol. The van der Waals surface area contributed by atoms with Crippen molar-refractivity contribution in [2.75, 3.05) is 0 Å². The molecule has 3 heteroatoms. The molecule has 66 valence electrons. The predicted molar refractivity (Wildman–Crippen MR) is 50.7 cm³/mol. The Morgan fingerprint density at radius 1 is 1.50 bits per heavy atom. The van der Waals surface area contributed by atoms with Gasteiger partial charge in [0.2, 0.25) is 0 Å². The second-order valence-corrected chi connectivity index (χ2v) is 3.84. The topological polar surface area (TPSA) is 12.9 Å². The van der Waals surface area contributed by atoms with Gasteiger partial charge >= 0.3 is 0 Å². The first-order valence-electron chi connectivity index (χ1n) is 3.85. The first kappa shape index (κ1) is 9.65. The van der Waals surface area contributed by atoms with Gasteiger partial charge in [-0.2, -0.15) is 0 Å². The van der Waals surface area contributed by atoms with Crippen LogP contribution >= 0.6 is 15.9 Å². The zero-order valence-electron chi connectivity index (χ0n) is 7.36. The first-order valence-corrected chi connectivity index (χ1v) is 4.64. The molecule has 0 atom stereocenters. The number of pyridine rings is 1. The summed E-state index contributed by atoms with van der Waals surface area (Å²) in [6, 6.07) is 1.54. The Kier molecular flexibility index (Phi) is 2.83. The Morgan fingerprint density at radius 2 is 2.08 bits per heavy atom. The van der Waals surface area contributed by atoms with Crippen molar-refractivity contribution in [2.24, 2.45) is 0 Å². The molecule has 1 aromatic rings. The molecule has 0 N–H and O–H groups in total. The molecule has 0 amide bonds. The molecule has 0 saturated carbocycles. The number of rotatable bonds is 1. The van der Waals surface area contributed by atoms with E-state index in [1.54, 1.807) is 6.92 Å². The maximum Gasteiger partial charge on any atom is 0.144 e. The molecular weight excluding hydrogens is 221 g/mol. The number of halogens is 2. The van der Waals surface area contributed by atoms with Gasteiger partial charge in [-0.1, -0.05) is 13.8 Å². The molecule has 0 aliphatic heterocycles. The Morgan fingerprint density at radius 3 is 2.58 bits per heavy atom. The van der Waals surface area contributed by atoms with Gasteiger partial charge in [-0.15, -0.1) is 0 Å². The van der Waals surface area contributed by atoms with Gasteiger partial charge in [0, 0.05) is 0 Å². The number of hydrogen-bond donors (Lipinski definition) is 0. The van der Waals surface area contributed by atoms with Crippen molar-refractivity contribution in [3.05, 3.63) is 27.7 Å². The zero-order chi connectivity index (χ0) is 9.30. The van der Waals surface area contributed by atoms with Crippen molar-refractivity contribution < 1.29 is 4.39 Å². The lowest BCUT2D eigenvalue weighted by Gasteiger charge is -2.08. The Balaban J connectivity index is 3.23. The van der Waals surface area contributed by atoms with Crippen molar-refractivity contribution in [2.45, 2.75) is 26.7 Å². The lowest BCUT2D eigenvalue weighted by Crippen LogP contribution is -1.97. The summed E-state index contributed by atoms with van der Waals surface area (Å²) in [7, 11) is 0. The molecule has 1 aromatic heterocycles. The summed E-state index contributed by atoms with van der Waals surface area (Å²) in [6.45, 7) is 5.68. The van der Waals surface area contributed by atoms with E-state index in [0.717, 1.165) is 10.2 Å². The fraction of sp³-hybridized carbons (Fsp3) is 0.444. The van der Waals surface area contributed by atoms with Gasteiger partial charge in [-0.05, 0) is 40.4 Å². The van der Waals surface area contributed by atoms with Crippen molar-refractivity contribution in [3.8, 4) is 0 Å². The summed E-state index contributed by atoms with van der Waals surface area (Å²) in [5.41, 5.74) is 1.35. The van der Waals surface area contributed by atoms with Crippen LogP contribution in [0.25, 0.3) is 0 Å². The van der Waals surface area contributed by atoms with Gasteiger partial charge in [0.1, 0.15) is 10.4 Å². The lowest BCUT2D eigenvalue weighted by molar-refractivity contribution is 0.602. The van der Waals surface area contributed by atoms with E-state index >= 15 is 0 Å². The highest BCUT2D eigenvalue weighted by Gasteiger charge is 2.09. The minimum absolute atomic E-state index is 0.234. The van der Waals surface area contributed by atoms with Gasteiger partial charge in [0.25, 0.3) is 0 Å². The summed E-state index contributed by atoms with van der Waals surface area (Å²) in [5.74, 6) is 0.0591. The molecule has 0 unspecified atom stereocenters. The highest BCUT2D eigenvalue weighted by molar-refractivity contribution is 9.10. The molecule has 0 aliphatic rings. The number of hydrogen-bond acceptors (Lipinski definition) is 1. The molecule has 0 aromatic carbocycles. The number of aryl methyl sites for hydroxylation is 1. The SMILES string of the molecule is Cc1nc(Br)c(C(C)C)cc1F. The smallest absolute Gasteiger partial charge is 0.144 e. The number of aromatic nitrogens is 1. The highest BCUT2D eigenvalue weighted by Crippen LogP contribution is 2.24. The molecule has 0 aliphatic carbocycles. The van der Waals surface area contributed by atoms with E-state index in [9.17, 15) is 4.39 Å². The maximum absolute atomic E-state index is 13.0. The quantitative estimate of drug-likeness (QED) is 0.676. The Bertz CT molecular complexity index is 297. The molecule has 1 rings (SSSR count). The fourth-order valence-electron chi connectivity index (χ4n) is 0.971. The van der Waals surface area contributed by atoms with E-state index in [4.69, 9.17) is 0 Å². The number of nitrogens with zero attached hydrogens (tertiary/aromatic N) is 1. The zero-order valence-corrected chi connectivity index (χ0v) is 8.94. The van der Waals surface area contributed by atoms with Crippen LogP contribution in [0.15, 0.2) is 10.7 Å². The van der Waals surface area contributed by atoms with Crippen LogP contribution in [0.2, 0.25) is 0 Å². The lowest BCUT2D eigenvalue weighted by atomic mass is 10.1. The van der Waals surface area contributed by atoms with E-state index in [0.29, 0.717) is 11.6 Å². The minimum atomic E-state index is -0.234. The van der Waals surface area contributed by atoms with E-state index in [2.05, 4.69) is 20.9 Å². The normalized spacial score (nSPS) is 10.8. The molecule has 0 fully saturated rings. The van der Waals surface area contributed by atoms with Crippen LogP contribution < -0.4 is 0 Å². The summed E-state index contributed by atoms with van der Waals surface area (Å²) in [6.07, 6.45) is 0. The van der Waals surface area contributed by atoms with E-state index < -0.39 is 0 Å². The summed E-state index contributed by atoms with van der Waals surface area (Å²) >= 11 is 3.30. The highest BCUT2D eigenvalue weighted by atomic mass is 79.9. The van der Waals surface area contributed by atoms with E-state index in [1.807, 2.05) is 13.8 Å². The van der Waals surface area contributed by atoms with Gasteiger partial charge < -0.3 is 0 Å². The van der Waals surface area contributed by atoms with Crippen LogP contribution in [0.5, 0.6) is 0 Å². The summed E-state index contributed by atoms with van der Waals surface area (Å²) in [5, 5.41) is 0. The first-order chi connectivity index (χ1) is 5.52. The van der Waals surface area contributed by atoms with Crippen LogP contribution in [0.3, 0.4) is 0 Å². The second kappa shape index (κ2) is 3.52. The van der Waals surface area contributed by atoms with Crippen LogP contribution in [0, 0.1) is 12.7 Å². The molecule has 0 saturated heterocycles. The van der Waals surface area contributed by atoms with E-state index in [1.165, 1.54) is 6.07 Å². The van der Waals surface area contributed by atoms with Crippen LogP contribution in [-0.2, 0) is 0 Å². The molecule has 12 heavy (non-hydrogen) atoms. The van der Waals surface area contributed by atoms with Crippen LogP contribution in [-0.4, -0.2) is 4.98 Å². The third-order valence-electron chi connectivity index (χ3n) is 1.75. The van der Waals surface area contributed by atoms with Crippen molar-refractivity contribution in [1.82, 2.24) is 4.98 Å². The standard InChI is InChI=1S/C9H11BrFN/c1-5(2)7-4-8(11)6(3)12-9(7)10/h4-5H,1-3H3. The van der Waals surface area contributed by atoms with Crippen molar-refractivity contribution in [1.29, 1.82) is 0 Å².